The van der Waals surface area contributed by atoms with E-state index in [0.717, 1.165) is 15.6 Å². The highest BCUT2D eigenvalue weighted by molar-refractivity contribution is 6.00. The number of carbonyl (C=O) groups is 1. The summed E-state index contributed by atoms with van der Waals surface area (Å²) in [4.78, 5) is 19.2. The fourth-order valence-electron chi connectivity index (χ4n) is 3.24. The summed E-state index contributed by atoms with van der Waals surface area (Å²) < 4.78 is 28.5. The molecule has 0 spiro atoms. The Morgan fingerprint density at radius 1 is 1.20 bits per heavy atom. The summed E-state index contributed by atoms with van der Waals surface area (Å²) in [5.41, 5.74) is 2.85. The van der Waals surface area contributed by atoms with Gasteiger partial charge in [0.2, 0.25) is 0 Å². The molecule has 1 atom stereocenters. The van der Waals surface area contributed by atoms with E-state index in [0.29, 0.717) is 11.3 Å². The van der Waals surface area contributed by atoms with Gasteiger partial charge in [-0.25, -0.2) is 18.3 Å². The highest BCUT2D eigenvalue weighted by Gasteiger charge is 2.26. The Balaban J connectivity index is 1.81. The molecule has 4 rings (SSSR count). The normalized spacial score (nSPS) is 12.5. The summed E-state index contributed by atoms with van der Waals surface area (Å²) in [5.74, 6) is -0.368. The van der Waals surface area contributed by atoms with Crippen molar-refractivity contribution < 1.29 is 13.6 Å². The van der Waals surface area contributed by atoms with Gasteiger partial charge in [-0.1, -0.05) is 29.8 Å². The summed E-state index contributed by atoms with van der Waals surface area (Å²) in [7, 11) is 1.64. The molecule has 0 aliphatic heterocycles. The monoisotopic (exact) mass is 410 g/mol. The summed E-state index contributed by atoms with van der Waals surface area (Å²) in [5, 5.41) is 10.6. The van der Waals surface area contributed by atoms with Gasteiger partial charge < -0.3 is 4.90 Å². The van der Waals surface area contributed by atoms with Crippen LogP contribution in [0.3, 0.4) is 0 Å². The van der Waals surface area contributed by atoms with Crippen molar-refractivity contribution in [2.45, 2.75) is 26.3 Å². The first-order valence-electron chi connectivity index (χ1n) is 9.36. The van der Waals surface area contributed by atoms with Crippen LogP contribution in [0.15, 0.2) is 48.9 Å². The fourth-order valence-corrected chi connectivity index (χ4v) is 3.24. The van der Waals surface area contributed by atoms with Gasteiger partial charge >= 0.3 is 0 Å². The van der Waals surface area contributed by atoms with Crippen LogP contribution in [0.2, 0.25) is 0 Å². The van der Waals surface area contributed by atoms with Crippen LogP contribution < -0.4 is 0 Å². The first-order chi connectivity index (χ1) is 14.4. The quantitative estimate of drug-likeness (QED) is 0.535. The molecule has 7 nitrogen and oxygen atoms in total. The maximum Gasteiger partial charge on any atom is 0.280 e. The fraction of sp³-hybridized carbons (Fsp3) is 0.238. The van der Waals surface area contributed by atoms with Crippen molar-refractivity contribution in [3.63, 3.8) is 0 Å². The predicted octanol–water partition coefficient (Wildman–Crippen LogP) is 4.20. The van der Waals surface area contributed by atoms with E-state index in [1.54, 1.807) is 19.4 Å². The topological polar surface area (TPSA) is 79.2 Å². The van der Waals surface area contributed by atoms with E-state index in [9.17, 15) is 13.6 Å². The molecule has 1 amide bonds. The van der Waals surface area contributed by atoms with Crippen molar-refractivity contribution in [2.75, 3.05) is 7.05 Å². The van der Waals surface area contributed by atoms with E-state index in [1.165, 1.54) is 17.2 Å². The van der Waals surface area contributed by atoms with Gasteiger partial charge in [-0.3, -0.25) is 9.89 Å². The number of halogens is 2. The highest BCUT2D eigenvalue weighted by Crippen LogP contribution is 2.28. The van der Waals surface area contributed by atoms with Crippen LogP contribution >= 0.6 is 0 Å². The second-order valence-corrected chi connectivity index (χ2v) is 7.15. The number of fused-ring (bicyclic) bond motifs is 1. The van der Waals surface area contributed by atoms with E-state index in [1.807, 2.05) is 38.1 Å². The lowest BCUT2D eigenvalue weighted by atomic mass is 10.1. The lowest BCUT2D eigenvalue weighted by molar-refractivity contribution is 0.0744. The minimum atomic E-state index is -2.77. The number of H-pyrrole nitrogens is 1. The second-order valence-electron chi connectivity index (χ2n) is 7.15. The molecule has 0 fully saturated rings. The summed E-state index contributed by atoms with van der Waals surface area (Å²) in [6, 6.07) is 8.42. The second kappa shape index (κ2) is 7.66. The zero-order valence-corrected chi connectivity index (χ0v) is 16.7. The lowest BCUT2D eigenvalue weighted by Crippen LogP contribution is -2.29. The van der Waals surface area contributed by atoms with Crippen LogP contribution in [-0.4, -0.2) is 42.7 Å². The van der Waals surface area contributed by atoms with Gasteiger partial charge in [0, 0.05) is 24.4 Å². The Bertz CT molecular complexity index is 1180. The van der Waals surface area contributed by atoms with Crippen LogP contribution in [0, 0.1) is 6.92 Å². The van der Waals surface area contributed by atoms with E-state index in [2.05, 4.69) is 20.3 Å². The molecule has 30 heavy (non-hydrogen) atoms. The lowest BCUT2D eigenvalue weighted by Gasteiger charge is -2.23. The number of alkyl halides is 2. The van der Waals surface area contributed by atoms with Gasteiger partial charge in [0.15, 0.2) is 5.65 Å². The first kappa shape index (κ1) is 19.7. The van der Waals surface area contributed by atoms with Gasteiger partial charge in [0.05, 0.1) is 24.1 Å². The van der Waals surface area contributed by atoms with Crippen LogP contribution in [0.25, 0.3) is 16.9 Å². The molecule has 0 saturated heterocycles. The molecule has 3 heterocycles. The molecule has 9 heteroatoms. The molecular formula is C21H20F2N6O. The predicted molar refractivity (Wildman–Crippen MR) is 107 cm³/mol. The summed E-state index contributed by atoms with van der Waals surface area (Å²) in [6.07, 6.45) is 1.85. The molecule has 1 aromatic carbocycles. The average molecular weight is 410 g/mol. The van der Waals surface area contributed by atoms with E-state index in [4.69, 9.17) is 0 Å². The number of nitrogens with one attached hydrogen (secondary N) is 1. The largest absolute Gasteiger partial charge is 0.335 e. The minimum Gasteiger partial charge on any atom is -0.335 e. The van der Waals surface area contributed by atoms with Crippen LogP contribution in [-0.2, 0) is 0 Å². The molecule has 0 bridgehead atoms. The number of nitrogens with zero attached hydrogens (tertiary/aromatic N) is 5. The Hall–Kier alpha value is -3.62. The number of aromatic nitrogens is 5. The number of rotatable bonds is 5. The molecule has 4 aromatic rings. The molecule has 1 N–H and O–H groups in total. The van der Waals surface area contributed by atoms with Gasteiger partial charge in [0.25, 0.3) is 12.3 Å². The third-order valence-electron chi connectivity index (χ3n) is 5.20. The number of hydrogen-bond donors (Lipinski definition) is 1. The number of amides is 1. The Morgan fingerprint density at radius 3 is 2.57 bits per heavy atom. The zero-order chi connectivity index (χ0) is 21.4. The van der Waals surface area contributed by atoms with Crippen molar-refractivity contribution in [1.82, 2.24) is 29.7 Å². The van der Waals surface area contributed by atoms with Gasteiger partial charge in [-0.15, -0.1) is 0 Å². The average Bonchev–Trinajstić information content (AvgIpc) is 3.42. The van der Waals surface area contributed by atoms with Crippen molar-refractivity contribution in [1.29, 1.82) is 0 Å². The van der Waals surface area contributed by atoms with E-state index >= 15 is 0 Å². The van der Waals surface area contributed by atoms with Crippen LogP contribution in [0.1, 0.15) is 46.6 Å². The van der Waals surface area contributed by atoms with Crippen molar-refractivity contribution >= 4 is 11.6 Å². The van der Waals surface area contributed by atoms with Gasteiger partial charge in [0.1, 0.15) is 11.3 Å². The third kappa shape index (κ3) is 3.42. The number of aryl methyl sites for hydroxylation is 1. The molecule has 0 aliphatic carbocycles. The molecule has 0 saturated carbocycles. The molecule has 1 unspecified atom stereocenters. The van der Waals surface area contributed by atoms with E-state index in [-0.39, 0.29) is 28.9 Å². The Morgan fingerprint density at radius 2 is 1.93 bits per heavy atom. The number of hydrogen-bond acceptors (Lipinski definition) is 4. The third-order valence-corrected chi connectivity index (χ3v) is 5.20. The number of aromatic amines is 1. The van der Waals surface area contributed by atoms with E-state index < -0.39 is 6.43 Å². The maximum absolute atomic E-state index is 13.7. The van der Waals surface area contributed by atoms with Crippen molar-refractivity contribution in [2.24, 2.45) is 0 Å². The number of carbonyl (C=O) groups excluding carboxylic acids is 1. The maximum atomic E-state index is 13.7. The van der Waals surface area contributed by atoms with Crippen LogP contribution in [0.4, 0.5) is 8.78 Å². The van der Waals surface area contributed by atoms with Crippen molar-refractivity contribution in [3.05, 3.63) is 71.3 Å². The molecular weight excluding hydrogens is 390 g/mol. The molecule has 0 radical (unpaired) electrons. The highest BCUT2D eigenvalue weighted by atomic mass is 19.3. The smallest absolute Gasteiger partial charge is 0.280 e. The molecule has 0 aliphatic rings. The van der Waals surface area contributed by atoms with Gasteiger partial charge in [-0.2, -0.15) is 10.2 Å². The van der Waals surface area contributed by atoms with Gasteiger partial charge in [-0.05, 0) is 19.9 Å². The molecule has 154 valence electrons. The first-order valence-corrected chi connectivity index (χ1v) is 9.36. The SMILES string of the molecule is Cc1ccc(-c2cc(C(F)F)n3ncc(C(=O)N(C)C(C)c4cn[nH]c4)c3n2)cc1. The van der Waals surface area contributed by atoms with Crippen LogP contribution in [0.5, 0.6) is 0 Å². The Labute approximate surface area is 171 Å². The minimum absolute atomic E-state index is 0.0969. The summed E-state index contributed by atoms with van der Waals surface area (Å²) >= 11 is 0. The standard InChI is InChI=1S/C21H20F2N6O/c1-12-4-6-14(7-5-12)17-8-18(19(22)23)29-20(27-17)16(11-26-29)21(30)28(3)13(2)15-9-24-25-10-15/h4-11,13,19H,1-3H3,(H,24,25). The number of benzene rings is 1. The zero-order valence-electron chi connectivity index (χ0n) is 16.7. The molecule has 3 aromatic heterocycles. The van der Waals surface area contributed by atoms with Crippen molar-refractivity contribution in [3.8, 4) is 11.3 Å². The Kier molecular flexibility index (Phi) is 5.03. The summed E-state index contributed by atoms with van der Waals surface area (Å²) in [6.45, 7) is 3.79.